The van der Waals surface area contributed by atoms with Crippen LogP contribution in [0.1, 0.15) is 12.7 Å². The quantitative estimate of drug-likeness (QED) is 0.720. The molecule has 0 spiro atoms. The van der Waals surface area contributed by atoms with Gasteiger partial charge >= 0.3 is 5.97 Å². The SMILES string of the molecule is C[C@H](OCc1ccno1)C(=O)O. The Labute approximate surface area is 68.9 Å². The number of carboxylic acids is 1. The van der Waals surface area contributed by atoms with Crippen LogP contribution < -0.4 is 0 Å². The summed E-state index contributed by atoms with van der Waals surface area (Å²) in [5, 5.41) is 11.9. The normalized spacial score (nSPS) is 12.8. The van der Waals surface area contributed by atoms with Gasteiger partial charge in [0, 0.05) is 6.07 Å². The van der Waals surface area contributed by atoms with E-state index in [0.717, 1.165) is 0 Å². The number of aliphatic carboxylic acids is 1. The van der Waals surface area contributed by atoms with Gasteiger partial charge in [-0.1, -0.05) is 5.16 Å². The van der Waals surface area contributed by atoms with Crippen LogP contribution in [0.5, 0.6) is 0 Å². The summed E-state index contributed by atoms with van der Waals surface area (Å²) in [4.78, 5) is 10.3. The lowest BCUT2D eigenvalue weighted by atomic mass is 10.4. The summed E-state index contributed by atoms with van der Waals surface area (Å²) < 4.78 is 9.61. The third-order valence-electron chi connectivity index (χ3n) is 1.31. The van der Waals surface area contributed by atoms with Crippen molar-refractivity contribution in [1.29, 1.82) is 0 Å². The molecule has 0 unspecified atom stereocenters. The Bertz CT molecular complexity index is 244. The van der Waals surface area contributed by atoms with Gasteiger partial charge in [0.25, 0.3) is 0 Å². The Morgan fingerprint density at radius 2 is 2.67 bits per heavy atom. The zero-order valence-corrected chi connectivity index (χ0v) is 6.56. The molecule has 1 aromatic heterocycles. The lowest BCUT2D eigenvalue weighted by Gasteiger charge is -2.04. The Balaban J connectivity index is 2.31. The standard InChI is InChI=1S/C7H9NO4/c1-5(7(9)10)11-4-6-2-3-8-12-6/h2-3,5H,4H2,1H3,(H,9,10)/t5-/m0/s1. The number of hydrogen-bond acceptors (Lipinski definition) is 4. The topological polar surface area (TPSA) is 72.6 Å². The predicted molar refractivity (Wildman–Crippen MR) is 38.4 cm³/mol. The van der Waals surface area contributed by atoms with Crippen LogP contribution in [-0.4, -0.2) is 22.3 Å². The Hall–Kier alpha value is -1.36. The maximum absolute atomic E-state index is 10.3. The van der Waals surface area contributed by atoms with Crippen LogP contribution in [-0.2, 0) is 16.1 Å². The molecule has 0 saturated carbocycles. The van der Waals surface area contributed by atoms with Crippen LogP contribution in [0, 0.1) is 0 Å². The predicted octanol–water partition coefficient (Wildman–Crippen LogP) is 0.664. The van der Waals surface area contributed by atoms with E-state index in [1.165, 1.54) is 13.1 Å². The van der Waals surface area contributed by atoms with E-state index in [1.54, 1.807) is 6.07 Å². The van der Waals surface area contributed by atoms with Gasteiger partial charge in [0.2, 0.25) is 0 Å². The molecule has 1 rings (SSSR count). The summed E-state index contributed by atoms with van der Waals surface area (Å²) in [6.45, 7) is 1.59. The molecule has 0 radical (unpaired) electrons. The second-order valence-electron chi connectivity index (χ2n) is 2.27. The highest BCUT2D eigenvalue weighted by atomic mass is 16.5. The first-order chi connectivity index (χ1) is 5.70. The van der Waals surface area contributed by atoms with Gasteiger partial charge in [-0.05, 0) is 6.92 Å². The van der Waals surface area contributed by atoms with E-state index >= 15 is 0 Å². The highest BCUT2D eigenvalue weighted by molar-refractivity contribution is 5.71. The monoisotopic (exact) mass is 171 g/mol. The second kappa shape index (κ2) is 3.87. The molecule has 0 amide bonds. The number of ether oxygens (including phenoxy) is 1. The molecule has 1 heterocycles. The van der Waals surface area contributed by atoms with Crippen molar-refractivity contribution in [2.75, 3.05) is 0 Å². The summed E-state index contributed by atoms with van der Waals surface area (Å²) in [5.41, 5.74) is 0. The van der Waals surface area contributed by atoms with E-state index < -0.39 is 12.1 Å². The Morgan fingerprint density at radius 3 is 3.17 bits per heavy atom. The molecular weight excluding hydrogens is 162 g/mol. The Morgan fingerprint density at radius 1 is 1.92 bits per heavy atom. The lowest BCUT2D eigenvalue weighted by Crippen LogP contribution is -2.19. The smallest absolute Gasteiger partial charge is 0.332 e. The largest absolute Gasteiger partial charge is 0.479 e. The molecule has 0 aliphatic rings. The zero-order chi connectivity index (χ0) is 8.97. The van der Waals surface area contributed by atoms with Gasteiger partial charge in [-0.25, -0.2) is 4.79 Å². The summed E-state index contributed by atoms with van der Waals surface area (Å²) in [6, 6.07) is 1.62. The molecule has 5 nitrogen and oxygen atoms in total. The number of carboxylic acid groups (broad SMARTS) is 1. The van der Waals surface area contributed by atoms with E-state index in [-0.39, 0.29) is 6.61 Å². The molecule has 5 heteroatoms. The van der Waals surface area contributed by atoms with Crippen molar-refractivity contribution in [2.45, 2.75) is 19.6 Å². The molecule has 12 heavy (non-hydrogen) atoms. The maximum atomic E-state index is 10.3. The minimum absolute atomic E-state index is 0.132. The van der Waals surface area contributed by atoms with Gasteiger partial charge in [0.05, 0.1) is 6.20 Å². The van der Waals surface area contributed by atoms with Gasteiger partial charge in [-0.15, -0.1) is 0 Å². The van der Waals surface area contributed by atoms with Crippen LogP contribution in [0.25, 0.3) is 0 Å². The number of hydrogen-bond donors (Lipinski definition) is 1. The molecule has 0 saturated heterocycles. The van der Waals surface area contributed by atoms with Gasteiger partial charge in [-0.3, -0.25) is 0 Å². The number of aromatic nitrogens is 1. The molecule has 1 aromatic rings. The van der Waals surface area contributed by atoms with Crippen molar-refractivity contribution in [2.24, 2.45) is 0 Å². The van der Waals surface area contributed by atoms with Crippen molar-refractivity contribution < 1.29 is 19.2 Å². The number of carbonyl (C=O) groups is 1. The van der Waals surface area contributed by atoms with Crippen LogP contribution in [0.4, 0.5) is 0 Å². The van der Waals surface area contributed by atoms with E-state index in [1.807, 2.05) is 0 Å². The molecular formula is C7H9NO4. The molecule has 0 bridgehead atoms. The van der Waals surface area contributed by atoms with Gasteiger partial charge in [0.15, 0.2) is 11.9 Å². The highest BCUT2D eigenvalue weighted by Crippen LogP contribution is 2.01. The molecule has 0 fully saturated rings. The van der Waals surface area contributed by atoms with Crippen molar-refractivity contribution in [1.82, 2.24) is 5.16 Å². The third kappa shape index (κ3) is 2.35. The van der Waals surface area contributed by atoms with Crippen LogP contribution >= 0.6 is 0 Å². The van der Waals surface area contributed by atoms with E-state index in [9.17, 15) is 4.79 Å². The van der Waals surface area contributed by atoms with Crippen LogP contribution in [0.2, 0.25) is 0 Å². The molecule has 1 N–H and O–H groups in total. The molecule has 0 aromatic carbocycles. The fourth-order valence-corrected chi connectivity index (χ4v) is 0.595. The fourth-order valence-electron chi connectivity index (χ4n) is 0.595. The van der Waals surface area contributed by atoms with Gasteiger partial charge < -0.3 is 14.4 Å². The first-order valence-electron chi connectivity index (χ1n) is 3.44. The second-order valence-corrected chi connectivity index (χ2v) is 2.27. The fraction of sp³-hybridized carbons (Fsp3) is 0.429. The number of nitrogens with zero attached hydrogens (tertiary/aromatic N) is 1. The minimum Gasteiger partial charge on any atom is -0.479 e. The average Bonchev–Trinajstić information content (AvgIpc) is 2.51. The third-order valence-corrected chi connectivity index (χ3v) is 1.31. The zero-order valence-electron chi connectivity index (χ0n) is 6.56. The highest BCUT2D eigenvalue weighted by Gasteiger charge is 2.11. The average molecular weight is 171 g/mol. The van der Waals surface area contributed by atoms with Crippen molar-refractivity contribution in [3.8, 4) is 0 Å². The van der Waals surface area contributed by atoms with E-state index in [2.05, 4.69) is 5.16 Å². The summed E-state index contributed by atoms with van der Waals surface area (Å²) >= 11 is 0. The van der Waals surface area contributed by atoms with Crippen LogP contribution in [0.15, 0.2) is 16.8 Å². The first kappa shape index (κ1) is 8.73. The maximum Gasteiger partial charge on any atom is 0.332 e. The lowest BCUT2D eigenvalue weighted by molar-refractivity contribution is -0.150. The molecule has 0 aliphatic heterocycles. The van der Waals surface area contributed by atoms with E-state index in [4.69, 9.17) is 14.4 Å². The Kier molecular flexibility index (Phi) is 2.82. The van der Waals surface area contributed by atoms with Crippen molar-refractivity contribution in [3.05, 3.63) is 18.0 Å². The van der Waals surface area contributed by atoms with Crippen molar-refractivity contribution in [3.63, 3.8) is 0 Å². The first-order valence-corrected chi connectivity index (χ1v) is 3.44. The van der Waals surface area contributed by atoms with Gasteiger partial charge in [0.1, 0.15) is 6.61 Å². The minimum atomic E-state index is -0.991. The molecule has 0 aliphatic carbocycles. The van der Waals surface area contributed by atoms with E-state index in [0.29, 0.717) is 5.76 Å². The summed E-state index contributed by atoms with van der Waals surface area (Å²) in [5.74, 6) is -0.474. The number of rotatable bonds is 4. The molecule has 66 valence electrons. The van der Waals surface area contributed by atoms with Crippen LogP contribution in [0.3, 0.4) is 0 Å². The summed E-state index contributed by atoms with van der Waals surface area (Å²) in [7, 11) is 0. The molecule has 1 atom stereocenters. The summed E-state index contributed by atoms with van der Waals surface area (Å²) in [6.07, 6.45) is 0.652. The van der Waals surface area contributed by atoms with Gasteiger partial charge in [-0.2, -0.15) is 0 Å². The van der Waals surface area contributed by atoms with Crippen molar-refractivity contribution >= 4 is 5.97 Å².